The van der Waals surface area contributed by atoms with Crippen molar-refractivity contribution < 1.29 is 4.79 Å². The lowest BCUT2D eigenvalue weighted by Crippen LogP contribution is -2.34. The van der Waals surface area contributed by atoms with E-state index in [1.54, 1.807) is 0 Å². The van der Waals surface area contributed by atoms with Gasteiger partial charge in [0.2, 0.25) is 0 Å². The van der Waals surface area contributed by atoms with Crippen molar-refractivity contribution in [2.75, 3.05) is 5.32 Å². The molecular formula is C17H18N2O. The fraction of sp³-hybridized carbons (Fsp3) is 0.235. The summed E-state index contributed by atoms with van der Waals surface area (Å²) in [6, 6.07) is 14.5. The molecule has 0 fully saturated rings. The Bertz CT molecular complexity index is 662. The fourth-order valence-corrected chi connectivity index (χ4v) is 2.65. The highest BCUT2D eigenvalue weighted by Gasteiger charge is 2.18. The number of amides is 2. The SMILES string of the molecule is CC(C)NC(=O)Nc1ccc2c(c1)Cc1ccccc1-2. The third-order valence-corrected chi connectivity index (χ3v) is 3.47. The minimum Gasteiger partial charge on any atom is -0.336 e. The van der Waals surface area contributed by atoms with Crippen LogP contribution < -0.4 is 10.6 Å². The van der Waals surface area contributed by atoms with Gasteiger partial charge in [0, 0.05) is 11.7 Å². The van der Waals surface area contributed by atoms with Crippen molar-refractivity contribution in [3.63, 3.8) is 0 Å². The zero-order valence-electron chi connectivity index (χ0n) is 11.7. The normalized spacial score (nSPS) is 11.9. The van der Waals surface area contributed by atoms with Gasteiger partial charge in [-0.1, -0.05) is 30.3 Å². The highest BCUT2D eigenvalue weighted by atomic mass is 16.2. The second-order valence-corrected chi connectivity index (χ2v) is 5.46. The Morgan fingerprint density at radius 2 is 1.80 bits per heavy atom. The first kappa shape index (κ1) is 12.7. The zero-order chi connectivity index (χ0) is 14.1. The van der Waals surface area contributed by atoms with E-state index in [9.17, 15) is 4.79 Å². The number of urea groups is 1. The molecule has 0 atom stereocenters. The molecule has 102 valence electrons. The summed E-state index contributed by atoms with van der Waals surface area (Å²) in [7, 11) is 0. The number of hydrogen-bond donors (Lipinski definition) is 2. The number of anilines is 1. The van der Waals surface area contributed by atoms with Crippen LogP contribution in [0, 0.1) is 0 Å². The van der Waals surface area contributed by atoms with Gasteiger partial charge < -0.3 is 10.6 Å². The molecule has 0 heterocycles. The summed E-state index contributed by atoms with van der Waals surface area (Å²) in [4.78, 5) is 11.7. The van der Waals surface area contributed by atoms with Crippen LogP contribution in [0.4, 0.5) is 10.5 Å². The minimum absolute atomic E-state index is 0.133. The molecule has 0 saturated carbocycles. The van der Waals surface area contributed by atoms with E-state index in [2.05, 4.69) is 47.0 Å². The largest absolute Gasteiger partial charge is 0.336 e. The van der Waals surface area contributed by atoms with Gasteiger partial charge in [0.15, 0.2) is 0 Å². The van der Waals surface area contributed by atoms with Crippen LogP contribution in [-0.4, -0.2) is 12.1 Å². The minimum atomic E-state index is -0.157. The lowest BCUT2D eigenvalue weighted by molar-refractivity contribution is 0.250. The van der Waals surface area contributed by atoms with Crippen LogP contribution >= 0.6 is 0 Å². The summed E-state index contributed by atoms with van der Waals surface area (Å²) >= 11 is 0. The average Bonchev–Trinajstić information content (AvgIpc) is 2.75. The van der Waals surface area contributed by atoms with Crippen LogP contribution in [0.25, 0.3) is 11.1 Å². The lowest BCUT2D eigenvalue weighted by atomic mass is 10.1. The fourth-order valence-electron chi connectivity index (χ4n) is 2.65. The van der Waals surface area contributed by atoms with E-state index in [4.69, 9.17) is 0 Å². The number of hydrogen-bond acceptors (Lipinski definition) is 1. The van der Waals surface area contributed by atoms with Crippen LogP contribution in [-0.2, 0) is 6.42 Å². The number of carbonyl (C=O) groups excluding carboxylic acids is 1. The molecule has 2 aromatic carbocycles. The Balaban J connectivity index is 1.82. The van der Waals surface area contributed by atoms with E-state index >= 15 is 0 Å². The van der Waals surface area contributed by atoms with Crippen molar-refractivity contribution in [2.45, 2.75) is 26.3 Å². The van der Waals surface area contributed by atoms with E-state index in [0.29, 0.717) is 0 Å². The van der Waals surface area contributed by atoms with Crippen molar-refractivity contribution in [2.24, 2.45) is 0 Å². The monoisotopic (exact) mass is 266 g/mol. The molecular weight excluding hydrogens is 248 g/mol. The van der Waals surface area contributed by atoms with Crippen molar-refractivity contribution in [3.05, 3.63) is 53.6 Å². The standard InChI is InChI=1S/C17H18N2O/c1-11(2)18-17(20)19-14-7-8-16-13(10-14)9-12-5-3-4-6-15(12)16/h3-8,10-11H,9H2,1-2H3,(H2,18,19,20). The maximum absolute atomic E-state index is 11.7. The molecule has 2 amide bonds. The van der Waals surface area contributed by atoms with Gasteiger partial charge in [-0.15, -0.1) is 0 Å². The van der Waals surface area contributed by atoms with E-state index in [1.807, 2.05) is 19.9 Å². The Morgan fingerprint density at radius 3 is 2.60 bits per heavy atom. The van der Waals surface area contributed by atoms with Crippen molar-refractivity contribution in [3.8, 4) is 11.1 Å². The Hall–Kier alpha value is -2.29. The van der Waals surface area contributed by atoms with E-state index in [-0.39, 0.29) is 12.1 Å². The summed E-state index contributed by atoms with van der Waals surface area (Å²) in [6.45, 7) is 3.89. The smallest absolute Gasteiger partial charge is 0.319 e. The first-order valence-electron chi connectivity index (χ1n) is 6.92. The molecule has 0 saturated heterocycles. The molecule has 3 rings (SSSR count). The molecule has 3 nitrogen and oxygen atoms in total. The molecule has 0 aromatic heterocycles. The molecule has 20 heavy (non-hydrogen) atoms. The highest BCUT2D eigenvalue weighted by Crippen LogP contribution is 2.37. The summed E-state index contributed by atoms with van der Waals surface area (Å²) in [6.07, 6.45) is 0.937. The average molecular weight is 266 g/mol. The number of rotatable bonds is 2. The van der Waals surface area contributed by atoms with Gasteiger partial charge in [-0.25, -0.2) is 4.79 Å². The molecule has 0 spiro atoms. The quantitative estimate of drug-likeness (QED) is 0.728. The molecule has 0 unspecified atom stereocenters. The van der Waals surface area contributed by atoms with Gasteiger partial charge >= 0.3 is 6.03 Å². The lowest BCUT2D eigenvalue weighted by Gasteiger charge is -2.11. The van der Waals surface area contributed by atoms with Gasteiger partial charge in [0.1, 0.15) is 0 Å². The molecule has 0 aliphatic heterocycles. The number of fused-ring (bicyclic) bond motifs is 3. The molecule has 3 heteroatoms. The highest BCUT2D eigenvalue weighted by molar-refractivity contribution is 5.90. The molecule has 1 aliphatic carbocycles. The third kappa shape index (κ3) is 2.39. The van der Waals surface area contributed by atoms with Crippen LogP contribution in [0.3, 0.4) is 0 Å². The summed E-state index contributed by atoms with van der Waals surface area (Å²) in [5.41, 5.74) is 6.05. The maximum Gasteiger partial charge on any atom is 0.319 e. The molecule has 2 N–H and O–H groups in total. The Kier molecular flexibility index (Phi) is 3.18. The zero-order valence-corrected chi connectivity index (χ0v) is 11.7. The van der Waals surface area contributed by atoms with Crippen LogP contribution in [0.2, 0.25) is 0 Å². The third-order valence-electron chi connectivity index (χ3n) is 3.47. The van der Waals surface area contributed by atoms with E-state index in [0.717, 1.165) is 12.1 Å². The van der Waals surface area contributed by atoms with Crippen LogP contribution in [0.1, 0.15) is 25.0 Å². The van der Waals surface area contributed by atoms with Crippen LogP contribution in [0.5, 0.6) is 0 Å². The second kappa shape index (κ2) is 5.00. The Morgan fingerprint density at radius 1 is 1.05 bits per heavy atom. The van der Waals surface area contributed by atoms with Crippen LogP contribution in [0.15, 0.2) is 42.5 Å². The van der Waals surface area contributed by atoms with Crippen molar-refractivity contribution in [1.82, 2.24) is 5.32 Å². The predicted molar refractivity (Wildman–Crippen MR) is 82.0 cm³/mol. The number of benzene rings is 2. The van der Waals surface area contributed by atoms with Gasteiger partial charge in [0.25, 0.3) is 0 Å². The van der Waals surface area contributed by atoms with E-state index < -0.39 is 0 Å². The van der Waals surface area contributed by atoms with Gasteiger partial charge in [0.05, 0.1) is 0 Å². The molecule has 0 radical (unpaired) electrons. The summed E-state index contributed by atoms with van der Waals surface area (Å²) in [5.74, 6) is 0. The van der Waals surface area contributed by atoms with E-state index in [1.165, 1.54) is 22.3 Å². The summed E-state index contributed by atoms with van der Waals surface area (Å²) < 4.78 is 0. The van der Waals surface area contributed by atoms with Crippen molar-refractivity contribution >= 4 is 11.7 Å². The molecule has 1 aliphatic rings. The topological polar surface area (TPSA) is 41.1 Å². The first-order valence-corrected chi connectivity index (χ1v) is 6.92. The summed E-state index contributed by atoms with van der Waals surface area (Å²) in [5, 5.41) is 5.71. The van der Waals surface area contributed by atoms with Crippen molar-refractivity contribution in [1.29, 1.82) is 0 Å². The molecule has 0 bridgehead atoms. The maximum atomic E-state index is 11.7. The number of carbonyl (C=O) groups is 1. The Labute approximate surface area is 119 Å². The second-order valence-electron chi connectivity index (χ2n) is 5.46. The first-order chi connectivity index (χ1) is 9.63. The predicted octanol–water partition coefficient (Wildman–Crippen LogP) is 3.79. The molecule has 2 aromatic rings. The van der Waals surface area contributed by atoms with Gasteiger partial charge in [-0.2, -0.15) is 0 Å². The van der Waals surface area contributed by atoms with Gasteiger partial charge in [-0.3, -0.25) is 0 Å². The van der Waals surface area contributed by atoms with Gasteiger partial charge in [-0.05, 0) is 54.7 Å². The number of nitrogens with one attached hydrogen (secondary N) is 2.